The summed E-state index contributed by atoms with van der Waals surface area (Å²) < 4.78 is 0.842. The van der Waals surface area contributed by atoms with Crippen LogP contribution in [0.1, 0.15) is 30.2 Å². The van der Waals surface area contributed by atoms with Gasteiger partial charge in [0.05, 0.1) is 10.4 Å². The lowest BCUT2D eigenvalue weighted by Crippen LogP contribution is -2.29. The minimum atomic E-state index is 0.269. The Morgan fingerprint density at radius 3 is 2.75 bits per heavy atom. The van der Waals surface area contributed by atoms with Gasteiger partial charge in [-0.25, -0.2) is 0 Å². The van der Waals surface area contributed by atoms with Gasteiger partial charge in [0.15, 0.2) is 0 Å². The molecule has 0 bridgehead atoms. The van der Waals surface area contributed by atoms with E-state index in [0.717, 1.165) is 16.7 Å². The van der Waals surface area contributed by atoms with Gasteiger partial charge in [-0.1, -0.05) is 11.6 Å². The summed E-state index contributed by atoms with van der Waals surface area (Å²) >= 11 is 9.64. The Morgan fingerprint density at radius 2 is 2.19 bits per heavy atom. The maximum atomic E-state index is 5.95. The highest BCUT2D eigenvalue weighted by Gasteiger charge is 2.20. The fourth-order valence-electron chi connectivity index (χ4n) is 2.10. The predicted molar refractivity (Wildman–Crippen MR) is 74.1 cm³/mol. The average Bonchev–Trinajstić information content (AvgIpc) is 2.74. The molecule has 2 heterocycles. The maximum absolute atomic E-state index is 5.95. The zero-order valence-corrected chi connectivity index (χ0v) is 11.5. The number of nitrogens with two attached hydrogens (primary N) is 1. The van der Waals surface area contributed by atoms with Gasteiger partial charge in [-0.05, 0) is 48.8 Å². The Hall–Kier alpha value is 0.260. The van der Waals surface area contributed by atoms with Gasteiger partial charge in [0.2, 0.25) is 0 Å². The molecule has 1 aliphatic heterocycles. The lowest BCUT2D eigenvalue weighted by molar-refractivity contribution is 0.377. The highest BCUT2D eigenvalue weighted by molar-refractivity contribution is 7.99. The van der Waals surface area contributed by atoms with E-state index < -0.39 is 0 Å². The second-order valence-corrected chi connectivity index (χ2v) is 7.12. The Labute approximate surface area is 110 Å². The van der Waals surface area contributed by atoms with Crippen LogP contribution in [0.2, 0.25) is 4.34 Å². The van der Waals surface area contributed by atoms with E-state index in [-0.39, 0.29) is 6.04 Å². The molecule has 1 aliphatic rings. The molecule has 3 N–H and O–H groups in total. The van der Waals surface area contributed by atoms with Gasteiger partial charge >= 0.3 is 0 Å². The smallest absolute Gasteiger partial charge is 0.0931 e. The molecule has 1 saturated heterocycles. The van der Waals surface area contributed by atoms with Crippen molar-refractivity contribution in [3.63, 3.8) is 0 Å². The second-order valence-electron chi connectivity index (χ2n) is 4.15. The Balaban J connectivity index is 1.94. The lowest BCUT2D eigenvalue weighted by Gasteiger charge is -2.25. The summed E-state index contributed by atoms with van der Waals surface area (Å²) in [5.41, 5.74) is 2.92. The molecular formula is C11H17ClN2S2. The first-order valence-corrected chi connectivity index (χ1v) is 7.93. The van der Waals surface area contributed by atoms with Crippen molar-refractivity contribution in [1.82, 2.24) is 5.43 Å². The number of rotatable bonds is 4. The molecule has 0 aromatic carbocycles. The van der Waals surface area contributed by atoms with E-state index >= 15 is 0 Å². The zero-order chi connectivity index (χ0) is 11.4. The molecule has 0 aliphatic carbocycles. The maximum Gasteiger partial charge on any atom is 0.0931 e. The summed E-state index contributed by atoms with van der Waals surface area (Å²) in [4.78, 5) is 1.26. The molecule has 0 radical (unpaired) electrons. The van der Waals surface area contributed by atoms with Crippen LogP contribution >= 0.6 is 34.7 Å². The minimum absolute atomic E-state index is 0.269. The fraction of sp³-hybridized carbons (Fsp3) is 0.636. The highest BCUT2D eigenvalue weighted by Crippen LogP contribution is 2.34. The zero-order valence-electron chi connectivity index (χ0n) is 9.12. The number of hydrogen-bond acceptors (Lipinski definition) is 4. The number of nitrogens with one attached hydrogen (secondary N) is 1. The molecule has 1 atom stereocenters. The lowest BCUT2D eigenvalue weighted by atomic mass is 9.94. The molecule has 1 unspecified atom stereocenters. The second kappa shape index (κ2) is 6.26. The minimum Gasteiger partial charge on any atom is -0.271 e. The molecule has 2 rings (SSSR count). The van der Waals surface area contributed by atoms with Crippen LogP contribution in [-0.2, 0) is 0 Å². The summed E-state index contributed by atoms with van der Waals surface area (Å²) in [6, 6.07) is 4.29. The van der Waals surface area contributed by atoms with E-state index in [4.69, 9.17) is 17.4 Å². The van der Waals surface area contributed by atoms with Crippen molar-refractivity contribution >= 4 is 34.7 Å². The van der Waals surface area contributed by atoms with Crippen LogP contribution in [0.5, 0.6) is 0 Å². The molecule has 0 amide bonds. The van der Waals surface area contributed by atoms with Crippen molar-refractivity contribution in [2.24, 2.45) is 11.8 Å². The molecule has 1 aromatic rings. The third kappa shape index (κ3) is 3.37. The van der Waals surface area contributed by atoms with E-state index in [1.165, 1.54) is 29.2 Å². The summed E-state index contributed by atoms with van der Waals surface area (Å²) in [7, 11) is 0. The van der Waals surface area contributed by atoms with Crippen molar-refractivity contribution in [1.29, 1.82) is 0 Å². The summed E-state index contributed by atoms with van der Waals surface area (Å²) in [6.45, 7) is 0. The molecule has 90 valence electrons. The molecule has 2 nitrogen and oxygen atoms in total. The standard InChI is InChI=1S/C11H17ClN2S2/c12-11-2-1-10(16-11)9(14-13)7-8-3-5-15-6-4-8/h1-2,8-9,14H,3-7,13H2. The van der Waals surface area contributed by atoms with Crippen LogP contribution in [-0.4, -0.2) is 11.5 Å². The van der Waals surface area contributed by atoms with E-state index in [9.17, 15) is 0 Å². The first kappa shape index (κ1) is 12.7. The SMILES string of the molecule is NNC(CC1CCSCC1)c1ccc(Cl)s1. The monoisotopic (exact) mass is 276 g/mol. The highest BCUT2D eigenvalue weighted by atomic mass is 35.5. The molecular weight excluding hydrogens is 260 g/mol. The van der Waals surface area contributed by atoms with Crippen molar-refractivity contribution in [3.8, 4) is 0 Å². The number of hydrogen-bond donors (Lipinski definition) is 2. The van der Waals surface area contributed by atoms with Crippen LogP contribution < -0.4 is 11.3 Å². The van der Waals surface area contributed by atoms with Gasteiger partial charge in [0, 0.05) is 4.88 Å². The molecule has 1 aromatic heterocycles. The van der Waals surface area contributed by atoms with Crippen molar-refractivity contribution in [2.45, 2.75) is 25.3 Å². The summed E-state index contributed by atoms with van der Waals surface area (Å²) in [5, 5.41) is 0. The number of thiophene rings is 1. The number of thioether (sulfide) groups is 1. The first-order chi connectivity index (χ1) is 7.79. The van der Waals surface area contributed by atoms with Crippen LogP contribution in [0.4, 0.5) is 0 Å². The first-order valence-electron chi connectivity index (χ1n) is 5.58. The van der Waals surface area contributed by atoms with E-state index in [0.29, 0.717) is 0 Å². The van der Waals surface area contributed by atoms with Gasteiger partial charge in [-0.2, -0.15) is 11.8 Å². The third-order valence-electron chi connectivity index (χ3n) is 3.05. The Kier molecular flexibility index (Phi) is 4.97. The van der Waals surface area contributed by atoms with Crippen LogP contribution in [0.3, 0.4) is 0 Å². The predicted octanol–water partition coefficient (Wildman–Crippen LogP) is 3.44. The topological polar surface area (TPSA) is 38.0 Å². The van der Waals surface area contributed by atoms with E-state index in [2.05, 4.69) is 23.3 Å². The third-order valence-corrected chi connectivity index (χ3v) is 5.44. The van der Waals surface area contributed by atoms with Crippen molar-refractivity contribution in [2.75, 3.05) is 11.5 Å². The largest absolute Gasteiger partial charge is 0.271 e. The number of hydrazine groups is 1. The van der Waals surface area contributed by atoms with Gasteiger partial charge in [-0.3, -0.25) is 11.3 Å². The van der Waals surface area contributed by atoms with E-state index in [1.54, 1.807) is 11.3 Å². The van der Waals surface area contributed by atoms with Gasteiger partial charge in [0.25, 0.3) is 0 Å². The van der Waals surface area contributed by atoms with Crippen LogP contribution in [0.25, 0.3) is 0 Å². The normalized spacial score (nSPS) is 19.9. The van der Waals surface area contributed by atoms with E-state index in [1.807, 2.05) is 6.07 Å². The quantitative estimate of drug-likeness (QED) is 0.654. The van der Waals surface area contributed by atoms with Gasteiger partial charge in [0.1, 0.15) is 0 Å². The molecule has 1 fully saturated rings. The summed E-state index contributed by atoms with van der Waals surface area (Å²) in [5.74, 6) is 9.05. The Bertz CT molecular complexity index is 324. The summed E-state index contributed by atoms with van der Waals surface area (Å²) in [6.07, 6.45) is 3.78. The van der Waals surface area contributed by atoms with Crippen molar-refractivity contribution in [3.05, 3.63) is 21.3 Å². The van der Waals surface area contributed by atoms with Crippen molar-refractivity contribution < 1.29 is 0 Å². The van der Waals surface area contributed by atoms with Crippen LogP contribution in [0, 0.1) is 5.92 Å². The molecule has 16 heavy (non-hydrogen) atoms. The van der Waals surface area contributed by atoms with Crippen LogP contribution in [0.15, 0.2) is 12.1 Å². The molecule has 0 spiro atoms. The molecule has 5 heteroatoms. The molecule has 0 saturated carbocycles. The fourth-order valence-corrected chi connectivity index (χ4v) is 4.44. The van der Waals surface area contributed by atoms with Gasteiger partial charge in [-0.15, -0.1) is 11.3 Å². The Morgan fingerprint density at radius 1 is 1.44 bits per heavy atom. The van der Waals surface area contributed by atoms with Gasteiger partial charge < -0.3 is 0 Å². The number of halogens is 1. The average molecular weight is 277 g/mol.